The fourth-order valence-corrected chi connectivity index (χ4v) is 2.01. The molecule has 1 N–H and O–H groups in total. The average Bonchev–Trinajstić information content (AvgIpc) is 2.61. The fourth-order valence-electron chi connectivity index (χ4n) is 2.01. The number of ether oxygens (including phenoxy) is 2. The molecule has 126 valence electrons. The maximum atomic E-state index is 12.0. The number of aryl methyl sites for hydroxylation is 1. The Labute approximate surface area is 141 Å². The molecule has 1 amide bonds. The van der Waals surface area contributed by atoms with Gasteiger partial charge in [-0.25, -0.2) is 4.79 Å². The fraction of sp³-hybridized carbons (Fsp3) is 0.263. The molecule has 0 saturated carbocycles. The van der Waals surface area contributed by atoms with E-state index in [-0.39, 0.29) is 12.5 Å². The largest absolute Gasteiger partial charge is 0.482 e. The predicted molar refractivity (Wildman–Crippen MR) is 91.9 cm³/mol. The van der Waals surface area contributed by atoms with Gasteiger partial charge in [0.1, 0.15) is 5.75 Å². The number of rotatable bonds is 7. The number of carbonyl (C=O) groups excluding carboxylic acids is 2. The smallest absolute Gasteiger partial charge is 0.344 e. The third-order valence-corrected chi connectivity index (χ3v) is 3.41. The van der Waals surface area contributed by atoms with E-state index in [1.165, 1.54) is 12.5 Å². The van der Waals surface area contributed by atoms with Gasteiger partial charge in [-0.1, -0.05) is 37.3 Å². The highest BCUT2D eigenvalue weighted by atomic mass is 16.6. The van der Waals surface area contributed by atoms with Crippen LogP contribution >= 0.6 is 0 Å². The molecule has 0 radical (unpaired) electrons. The van der Waals surface area contributed by atoms with Crippen molar-refractivity contribution < 1.29 is 19.1 Å². The van der Waals surface area contributed by atoms with Gasteiger partial charge in [0, 0.05) is 5.69 Å². The highest BCUT2D eigenvalue weighted by Gasteiger charge is 2.18. The first-order chi connectivity index (χ1) is 11.6. The molecule has 0 aromatic heterocycles. The number of benzene rings is 2. The molecule has 2 aromatic rings. The van der Waals surface area contributed by atoms with Crippen LogP contribution in [-0.4, -0.2) is 24.6 Å². The van der Waals surface area contributed by atoms with Crippen molar-refractivity contribution in [2.24, 2.45) is 0 Å². The summed E-state index contributed by atoms with van der Waals surface area (Å²) in [4.78, 5) is 23.7. The van der Waals surface area contributed by atoms with E-state index in [1.54, 1.807) is 24.3 Å². The predicted octanol–water partition coefficient (Wildman–Crippen LogP) is 3.20. The molecular weight excluding hydrogens is 306 g/mol. The molecule has 5 nitrogen and oxygen atoms in total. The van der Waals surface area contributed by atoms with Crippen LogP contribution in [0.1, 0.15) is 19.4 Å². The third kappa shape index (κ3) is 5.43. The summed E-state index contributed by atoms with van der Waals surface area (Å²) in [6.45, 7) is 3.34. The summed E-state index contributed by atoms with van der Waals surface area (Å²) in [5, 5.41) is 2.68. The molecule has 0 aliphatic heterocycles. The lowest BCUT2D eigenvalue weighted by Crippen LogP contribution is -2.31. The van der Waals surface area contributed by atoms with Gasteiger partial charge < -0.3 is 14.8 Å². The minimum Gasteiger partial charge on any atom is -0.482 e. The Morgan fingerprint density at radius 3 is 2.33 bits per heavy atom. The standard InChI is InChI=1S/C19H21NO4/c1-3-15-9-11-17(12-10-15)23-13-18(21)24-14(2)19(22)20-16-7-5-4-6-8-16/h4-12,14H,3,13H2,1-2H3,(H,20,22). The molecule has 0 bridgehead atoms. The van der Waals surface area contributed by atoms with Gasteiger partial charge >= 0.3 is 5.97 Å². The zero-order valence-corrected chi connectivity index (χ0v) is 13.8. The zero-order chi connectivity index (χ0) is 17.4. The van der Waals surface area contributed by atoms with Crippen molar-refractivity contribution in [3.8, 4) is 5.75 Å². The number of anilines is 1. The van der Waals surface area contributed by atoms with Gasteiger partial charge in [0.15, 0.2) is 12.7 Å². The van der Waals surface area contributed by atoms with Crippen LogP contribution in [0, 0.1) is 0 Å². The first-order valence-electron chi connectivity index (χ1n) is 7.85. The van der Waals surface area contributed by atoms with Crippen molar-refractivity contribution in [1.29, 1.82) is 0 Å². The number of esters is 1. The Kier molecular flexibility index (Phi) is 6.37. The van der Waals surface area contributed by atoms with Crippen LogP contribution in [0.15, 0.2) is 54.6 Å². The Morgan fingerprint density at radius 1 is 1.04 bits per heavy atom. The van der Waals surface area contributed by atoms with E-state index in [0.717, 1.165) is 6.42 Å². The van der Waals surface area contributed by atoms with Crippen molar-refractivity contribution in [2.75, 3.05) is 11.9 Å². The van der Waals surface area contributed by atoms with Crippen LogP contribution in [0.4, 0.5) is 5.69 Å². The second kappa shape index (κ2) is 8.72. The summed E-state index contributed by atoms with van der Waals surface area (Å²) in [7, 11) is 0. The van der Waals surface area contributed by atoms with Gasteiger partial charge in [0.2, 0.25) is 0 Å². The SMILES string of the molecule is CCc1ccc(OCC(=O)OC(C)C(=O)Nc2ccccc2)cc1. The second-order valence-corrected chi connectivity index (χ2v) is 5.27. The van der Waals surface area contributed by atoms with Gasteiger partial charge in [-0.15, -0.1) is 0 Å². The molecule has 5 heteroatoms. The van der Waals surface area contributed by atoms with E-state index in [4.69, 9.17) is 9.47 Å². The van der Waals surface area contributed by atoms with Gasteiger partial charge in [-0.3, -0.25) is 4.79 Å². The first kappa shape index (κ1) is 17.5. The summed E-state index contributed by atoms with van der Waals surface area (Å²) < 4.78 is 10.4. The van der Waals surface area contributed by atoms with Crippen LogP contribution in [0.2, 0.25) is 0 Å². The monoisotopic (exact) mass is 327 g/mol. The highest BCUT2D eigenvalue weighted by molar-refractivity contribution is 5.95. The van der Waals surface area contributed by atoms with Crippen molar-refractivity contribution in [3.05, 3.63) is 60.2 Å². The topological polar surface area (TPSA) is 64.6 Å². The molecule has 0 fully saturated rings. The van der Waals surface area contributed by atoms with E-state index in [2.05, 4.69) is 12.2 Å². The third-order valence-electron chi connectivity index (χ3n) is 3.41. The molecule has 0 aliphatic rings. The molecule has 2 aromatic carbocycles. The zero-order valence-electron chi connectivity index (χ0n) is 13.8. The molecule has 24 heavy (non-hydrogen) atoms. The molecule has 0 aliphatic carbocycles. The number of hydrogen-bond acceptors (Lipinski definition) is 4. The summed E-state index contributed by atoms with van der Waals surface area (Å²) in [5.41, 5.74) is 1.84. The molecule has 2 rings (SSSR count). The lowest BCUT2D eigenvalue weighted by molar-refractivity contribution is -0.155. The van der Waals surface area contributed by atoms with Crippen LogP contribution in [-0.2, 0) is 20.7 Å². The Morgan fingerprint density at radius 2 is 1.71 bits per heavy atom. The summed E-state index contributed by atoms with van der Waals surface area (Å²) in [5.74, 6) is -0.391. The summed E-state index contributed by atoms with van der Waals surface area (Å²) in [6.07, 6.45) is 0.0416. The lowest BCUT2D eigenvalue weighted by Gasteiger charge is -2.14. The molecule has 0 saturated heterocycles. The Balaban J connectivity index is 1.77. The summed E-state index contributed by atoms with van der Waals surface area (Å²) in [6, 6.07) is 16.5. The average molecular weight is 327 g/mol. The van der Waals surface area contributed by atoms with Crippen molar-refractivity contribution >= 4 is 17.6 Å². The maximum Gasteiger partial charge on any atom is 0.344 e. The van der Waals surface area contributed by atoms with E-state index in [9.17, 15) is 9.59 Å². The molecule has 0 spiro atoms. The van der Waals surface area contributed by atoms with Gasteiger partial charge in [0.25, 0.3) is 5.91 Å². The molecule has 0 heterocycles. The van der Waals surface area contributed by atoms with Crippen molar-refractivity contribution in [2.45, 2.75) is 26.4 Å². The second-order valence-electron chi connectivity index (χ2n) is 5.27. The van der Waals surface area contributed by atoms with Crippen molar-refractivity contribution in [3.63, 3.8) is 0 Å². The number of carbonyl (C=O) groups is 2. The summed E-state index contributed by atoms with van der Waals surface area (Å²) >= 11 is 0. The quantitative estimate of drug-likeness (QED) is 0.793. The molecule has 1 unspecified atom stereocenters. The molecule has 1 atom stereocenters. The van der Waals surface area contributed by atoms with E-state index in [0.29, 0.717) is 11.4 Å². The number of amides is 1. The number of para-hydroxylation sites is 1. The van der Waals surface area contributed by atoms with Gasteiger partial charge in [-0.05, 0) is 43.2 Å². The van der Waals surface area contributed by atoms with E-state index >= 15 is 0 Å². The van der Waals surface area contributed by atoms with Crippen LogP contribution in [0.5, 0.6) is 5.75 Å². The highest BCUT2D eigenvalue weighted by Crippen LogP contribution is 2.12. The van der Waals surface area contributed by atoms with E-state index in [1.807, 2.05) is 30.3 Å². The minimum atomic E-state index is -0.899. The Hall–Kier alpha value is -2.82. The Bertz CT molecular complexity index is 668. The lowest BCUT2D eigenvalue weighted by atomic mass is 10.2. The van der Waals surface area contributed by atoms with Crippen molar-refractivity contribution in [1.82, 2.24) is 0 Å². The molecular formula is C19H21NO4. The minimum absolute atomic E-state index is 0.242. The maximum absolute atomic E-state index is 12.0. The van der Waals surface area contributed by atoms with Crippen LogP contribution in [0.3, 0.4) is 0 Å². The van der Waals surface area contributed by atoms with Gasteiger partial charge in [-0.2, -0.15) is 0 Å². The van der Waals surface area contributed by atoms with E-state index < -0.39 is 12.1 Å². The number of hydrogen-bond donors (Lipinski definition) is 1. The van der Waals surface area contributed by atoms with Crippen LogP contribution in [0.25, 0.3) is 0 Å². The van der Waals surface area contributed by atoms with Crippen LogP contribution < -0.4 is 10.1 Å². The first-order valence-corrected chi connectivity index (χ1v) is 7.85. The number of nitrogens with one attached hydrogen (secondary N) is 1. The van der Waals surface area contributed by atoms with Gasteiger partial charge in [0.05, 0.1) is 0 Å². The normalized spacial score (nSPS) is 11.4.